The molecular weight excluding hydrogens is 272 g/mol. The molecule has 1 unspecified atom stereocenters. The van der Waals surface area contributed by atoms with E-state index < -0.39 is 0 Å². The fraction of sp³-hybridized carbons (Fsp3) is 0.400. The third-order valence-electron chi connectivity index (χ3n) is 3.34. The number of thioether (sulfide) groups is 1. The Hall–Kier alpha value is -1.21. The lowest BCUT2D eigenvalue weighted by Crippen LogP contribution is -2.02. The van der Waals surface area contributed by atoms with Crippen LogP contribution in [-0.4, -0.2) is 5.25 Å². The zero-order chi connectivity index (χ0) is 15.7. The monoisotopic (exact) mass is 300 g/mol. The summed E-state index contributed by atoms with van der Waals surface area (Å²) >= 11 is 1.91. The van der Waals surface area contributed by atoms with Gasteiger partial charge in [0.15, 0.2) is 0 Å². The van der Waals surface area contributed by atoms with Gasteiger partial charge >= 0.3 is 0 Å². The molecular formula is C20H28S. The normalized spacial score (nSPS) is 12.9. The third kappa shape index (κ3) is 7.96. The lowest BCUT2D eigenvalue weighted by atomic mass is 10.1. The van der Waals surface area contributed by atoms with Gasteiger partial charge in [-0.1, -0.05) is 53.6 Å². The molecule has 0 spiro atoms. The lowest BCUT2D eigenvalue weighted by Gasteiger charge is -2.15. The van der Waals surface area contributed by atoms with Gasteiger partial charge in [-0.05, 0) is 59.1 Å². The van der Waals surface area contributed by atoms with Crippen molar-refractivity contribution in [3.05, 3.63) is 65.8 Å². The number of rotatable bonds is 8. The van der Waals surface area contributed by atoms with Crippen molar-refractivity contribution in [3.8, 4) is 0 Å². The second-order valence-corrected chi connectivity index (χ2v) is 7.15. The van der Waals surface area contributed by atoms with Crippen molar-refractivity contribution in [2.45, 2.75) is 57.1 Å². The molecule has 1 aromatic carbocycles. The average Bonchev–Trinajstić information content (AvgIpc) is 2.43. The van der Waals surface area contributed by atoms with Gasteiger partial charge in [-0.15, -0.1) is 11.8 Å². The Morgan fingerprint density at radius 1 is 1.10 bits per heavy atom. The highest BCUT2D eigenvalue weighted by Crippen LogP contribution is 2.30. The standard InChI is InChI=1S/C20H28S/c1-16(2)10-9-11-18(5)14-15-20(17(3)4)21-19-12-7-6-8-13-19/h6-8,10,12-14,20H,3,9,11,15H2,1-2,4-5H3/b18-14+. The van der Waals surface area contributed by atoms with Crippen molar-refractivity contribution < 1.29 is 0 Å². The Balaban J connectivity index is 2.54. The van der Waals surface area contributed by atoms with Gasteiger partial charge < -0.3 is 0 Å². The zero-order valence-electron chi connectivity index (χ0n) is 13.9. The van der Waals surface area contributed by atoms with Crippen molar-refractivity contribution >= 4 is 11.8 Å². The summed E-state index contributed by atoms with van der Waals surface area (Å²) in [6.07, 6.45) is 8.06. The molecule has 0 nitrogen and oxygen atoms in total. The van der Waals surface area contributed by atoms with Crippen LogP contribution in [0.15, 0.2) is 70.7 Å². The molecule has 1 rings (SSSR count). The fourth-order valence-electron chi connectivity index (χ4n) is 2.01. The molecule has 0 radical (unpaired) electrons. The third-order valence-corrected chi connectivity index (χ3v) is 4.77. The summed E-state index contributed by atoms with van der Waals surface area (Å²) in [6, 6.07) is 10.6. The summed E-state index contributed by atoms with van der Waals surface area (Å²) in [5, 5.41) is 0.464. The van der Waals surface area contributed by atoms with E-state index in [9.17, 15) is 0 Å². The van der Waals surface area contributed by atoms with Gasteiger partial charge in [0.05, 0.1) is 0 Å². The van der Waals surface area contributed by atoms with Crippen LogP contribution in [0.3, 0.4) is 0 Å². The van der Waals surface area contributed by atoms with E-state index in [0.29, 0.717) is 5.25 Å². The summed E-state index contributed by atoms with van der Waals surface area (Å²) in [5.74, 6) is 0. The first kappa shape index (κ1) is 17.8. The molecule has 0 aliphatic rings. The second kappa shape index (κ2) is 9.68. The van der Waals surface area contributed by atoms with Crippen LogP contribution in [0.25, 0.3) is 0 Å². The molecule has 1 aromatic rings. The first-order valence-corrected chi connectivity index (χ1v) is 8.53. The van der Waals surface area contributed by atoms with E-state index in [1.807, 2.05) is 11.8 Å². The minimum atomic E-state index is 0.464. The summed E-state index contributed by atoms with van der Waals surface area (Å²) < 4.78 is 0. The summed E-state index contributed by atoms with van der Waals surface area (Å²) in [4.78, 5) is 1.32. The van der Waals surface area contributed by atoms with Crippen LogP contribution < -0.4 is 0 Å². The largest absolute Gasteiger partial charge is 0.118 e. The molecule has 0 bridgehead atoms. The van der Waals surface area contributed by atoms with Gasteiger partial charge in [0.2, 0.25) is 0 Å². The quantitative estimate of drug-likeness (QED) is 0.375. The minimum absolute atomic E-state index is 0.464. The zero-order valence-corrected chi connectivity index (χ0v) is 14.7. The highest BCUT2D eigenvalue weighted by atomic mass is 32.2. The topological polar surface area (TPSA) is 0 Å². The number of hydrogen-bond acceptors (Lipinski definition) is 1. The molecule has 0 saturated carbocycles. The molecule has 21 heavy (non-hydrogen) atoms. The predicted molar refractivity (Wildman–Crippen MR) is 97.9 cm³/mol. The van der Waals surface area contributed by atoms with E-state index in [1.54, 1.807) is 0 Å². The first-order valence-electron chi connectivity index (χ1n) is 7.65. The molecule has 0 aliphatic heterocycles. The Morgan fingerprint density at radius 2 is 1.76 bits per heavy atom. The molecule has 0 N–H and O–H groups in total. The van der Waals surface area contributed by atoms with Crippen molar-refractivity contribution in [2.75, 3.05) is 0 Å². The van der Waals surface area contributed by atoms with Crippen molar-refractivity contribution in [1.82, 2.24) is 0 Å². The predicted octanol–water partition coefficient (Wildman–Crippen LogP) is 6.81. The average molecular weight is 301 g/mol. The Kier molecular flexibility index (Phi) is 8.22. The Bertz CT molecular complexity index is 490. The summed E-state index contributed by atoms with van der Waals surface area (Å²) in [5.41, 5.74) is 4.13. The maximum Gasteiger partial charge on any atom is 0.0333 e. The van der Waals surface area contributed by atoms with Crippen LogP contribution in [-0.2, 0) is 0 Å². The van der Waals surface area contributed by atoms with Crippen LogP contribution in [0.2, 0.25) is 0 Å². The minimum Gasteiger partial charge on any atom is -0.118 e. The molecule has 1 atom stereocenters. The van der Waals surface area contributed by atoms with E-state index in [1.165, 1.54) is 21.6 Å². The number of allylic oxidation sites excluding steroid dienone is 4. The lowest BCUT2D eigenvalue weighted by molar-refractivity contribution is 0.928. The maximum atomic E-state index is 4.16. The molecule has 1 heteroatoms. The van der Waals surface area contributed by atoms with E-state index in [4.69, 9.17) is 0 Å². The van der Waals surface area contributed by atoms with Crippen LogP contribution in [0.5, 0.6) is 0 Å². The van der Waals surface area contributed by atoms with Crippen LogP contribution in [0.1, 0.15) is 47.0 Å². The van der Waals surface area contributed by atoms with Crippen LogP contribution in [0.4, 0.5) is 0 Å². The van der Waals surface area contributed by atoms with Crippen molar-refractivity contribution in [3.63, 3.8) is 0 Å². The molecule has 0 amide bonds. The van der Waals surface area contributed by atoms with Crippen LogP contribution in [0, 0.1) is 0 Å². The van der Waals surface area contributed by atoms with Crippen LogP contribution >= 0.6 is 11.8 Å². The molecule has 0 aromatic heterocycles. The Labute approximate surface area is 135 Å². The highest BCUT2D eigenvalue weighted by Gasteiger charge is 2.09. The fourth-order valence-corrected chi connectivity index (χ4v) is 3.05. The van der Waals surface area contributed by atoms with E-state index in [2.05, 4.69) is 76.8 Å². The molecule has 114 valence electrons. The molecule has 0 saturated heterocycles. The second-order valence-electron chi connectivity index (χ2n) is 5.87. The van der Waals surface area contributed by atoms with Gasteiger partial charge in [-0.25, -0.2) is 0 Å². The maximum absolute atomic E-state index is 4.16. The highest BCUT2D eigenvalue weighted by molar-refractivity contribution is 8.00. The summed E-state index contributed by atoms with van der Waals surface area (Å²) in [6.45, 7) is 12.8. The van der Waals surface area contributed by atoms with Gasteiger partial charge in [0, 0.05) is 10.1 Å². The van der Waals surface area contributed by atoms with Gasteiger partial charge in [-0.2, -0.15) is 0 Å². The summed E-state index contributed by atoms with van der Waals surface area (Å²) in [7, 11) is 0. The SMILES string of the molecule is C=C(C)C(C/C=C(\C)CCC=C(C)C)Sc1ccccc1. The Morgan fingerprint density at radius 3 is 2.33 bits per heavy atom. The van der Waals surface area contributed by atoms with E-state index >= 15 is 0 Å². The molecule has 0 fully saturated rings. The number of benzene rings is 1. The van der Waals surface area contributed by atoms with Gasteiger partial charge in [-0.3, -0.25) is 0 Å². The molecule has 0 heterocycles. The number of hydrogen-bond donors (Lipinski definition) is 0. The first-order chi connectivity index (χ1) is 9.99. The van der Waals surface area contributed by atoms with Crippen molar-refractivity contribution in [1.29, 1.82) is 0 Å². The van der Waals surface area contributed by atoms with Gasteiger partial charge in [0.1, 0.15) is 0 Å². The van der Waals surface area contributed by atoms with Gasteiger partial charge in [0.25, 0.3) is 0 Å². The molecule has 0 aliphatic carbocycles. The smallest absolute Gasteiger partial charge is 0.0333 e. The van der Waals surface area contributed by atoms with Crippen molar-refractivity contribution in [2.24, 2.45) is 0 Å². The van der Waals surface area contributed by atoms with E-state index in [0.717, 1.165) is 19.3 Å². The van der Waals surface area contributed by atoms with E-state index in [-0.39, 0.29) is 0 Å².